The van der Waals surface area contributed by atoms with E-state index in [0.29, 0.717) is 16.4 Å². The van der Waals surface area contributed by atoms with Crippen LogP contribution in [0, 0.1) is 0 Å². The molecule has 0 aromatic carbocycles. The van der Waals surface area contributed by atoms with Crippen molar-refractivity contribution in [3.63, 3.8) is 0 Å². The summed E-state index contributed by atoms with van der Waals surface area (Å²) in [4.78, 5) is 12.7. The molecule has 1 aromatic heterocycles. The van der Waals surface area contributed by atoms with E-state index in [2.05, 4.69) is 21.2 Å². The topological polar surface area (TPSA) is 42.2 Å². The van der Waals surface area contributed by atoms with Gasteiger partial charge in [0.25, 0.3) is 5.91 Å². The first-order chi connectivity index (χ1) is 8.20. The molecule has 2 rings (SSSR count). The van der Waals surface area contributed by atoms with Crippen LogP contribution in [0.4, 0.5) is 0 Å². The van der Waals surface area contributed by atoms with Gasteiger partial charge in [0, 0.05) is 17.3 Å². The smallest absolute Gasteiger partial charge is 0.255 e. The quantitative estimate of drug-likeness (QED) is 0.870. The molecular weight excluding hydrogens is 282 g/mol. The summed E-state index contributed by atoms with van der Waals surface area (Å²) < 4.78 is 5.27. The predicted octanol–water partition coefficient (Wildman–Crippen LogP) is 3.28. The minimum atomic E-state index is 0.00798. The van der Waals surface area contributed by atoms with Crippen LogP contribution in [0.15, 0.2) is 16.7 Å². The molecule has 0 spiro atoms. The molecule has 0 radical (unpaired) electrons. The van der Waals surface area contributed by atoms with Crippen LogP contribution < -0.4 is 5.32 Å². The van der Waals surface area contributed by atoms with Gasteiger partial charge in [-0.25, -0.2) is 0 Å². The van der Waals surface area contributed by atoms with E-state index in [0.717, 1.165) is 37.9 Å². The van der Waals surface area contributed by atoms with E-state index in [4.69, 9.17) is 4.42 Å². The summed E-state index contributed by atoms with van der Waals surface area (Å²) in [6, 6.07) is 2.07. The molecule has 4 heteroatoms. The second-order valence-electron chi connectivity index (χ2n) is 4.53. The molecule has 1 amide bonds. The third-order valence-electron chi connectivity index (χ3n) is 3.30. The van der Waals surface area contributed by atoms with Crippen LogP contribution in [0.25, 0.3) is 0 Å². The molecule has 0 atom stereocenters. The number of nitrogens with one attached hydrogen (secondary N) is 1. The average Bonchev–Trinajstić information content (AvgIpc) is 2.80. The number of alkyl halides is 1. The van der Waals surface area contributed by atoms with Crippen molar-refractivity contribution in [3.05, 3.63) is 23.7 Å². The van der Waals surface area contributed by atoms with Gasteiger partial charge in [-0.1, -0.05) is 22.9 Å². The molecule has 1 fully saturated rings. The van der Waals surface area contributed by atoms with E-state index in [1.807, 2.05) is 6.92 Å². The lowest BCUT2D eigenvalue weighted by Crippen LogP contribution is -2.37. The maximum Gasteiger partial charge on any atom is 0.255 e. The number of rotatable bonds is 3. The molecule has 0 aliphatic heterocycles. The molecule has 1 heterocycles. The summed E-state index contributed by atoms with van der Waals surface area (Å²) in [5.41, 5.74) is 0.688. The fourth-order valence-electron chi connectivity index (χ4n) is 2.28. The van der Waals surface area contributed by atoms with Gasteiger partial charge in [0.2, 0.25) is 0 Å². The summed E-state index contributed by atoms with van der Waals surface area (Å²) in [6.45, 7) is 1.99. The van der Waals surface area contributed by atoms with Crippen molar-refractivity contribution in [2.75, 3.05) is 0 Å². The zero-order valence-electron chi connectivity index (χ0n) is 10.0. The molecule has 1 aliphatic rings. The Hall–Kier alpha value is -0.770. The van der Waals surface area contributed by atoms with Crippen molar-refractivity contribution in [2.45, 2.75) is 49.9 Å². The molecule has 1 N–H and O–H groups in total. The van der Waals surface area contributed by atoms with Gasteiger partial charge in [-0.15, -0.1) is 0 Å². The number of hydrogen-bond acceptors (Lipinski definition) is 2. The summed E-state index contributed by atoms with van der Waals surface area (Å²) in [7, 11) is 0. The van der Waals surface area contributed by atoms with Crippen molar-refractivity contribution in [1.29, 1.82) is 0 Å². The Morgan fingerprint density at radius 2 is 2.18 bits per heavy atom. The Morgan fingerprint density at radius 1 is 1.47 bits per heavy atom. The van der Waals surface area contributed by atoms with E-state index < -0.39 is 0 Å². The Morgan fingerprint density at radius 3 is 2.82 bits per heavy atom. The number of hydrogen-bond donors (Lipinski definition) is 1. The molecule has 1 aliphatic carbocycles. The highest BCUT2D eigenvalue weighted by atomic mass is 79.9. The molecule has 0 bridgehead atoms. The number of aryl methyl sites for hydroxylation is 1. The monoisotopic (exact) mass is 299 g/mol. The number of carbonyl (C=O) groups is 1. The molecule has 17 heavy (non-hydrogen) atoms. The summed E-state index contributed by atoms with van der Waals surface area (Å²) in [6.07, 6.45) is 6.73. The van der Waals surface area contributed by atoms with Gasteiger partial charge in [-0.3, -0.25) is 4.79 Å². The minimum absolute atomic E-state index is 0.00798. The number of furan rings is 1. The van der Waals surface area contributed by atoms with Crippen molar-refractivity contribution in [2.24, 2.45) is 0 Å². The van der Waals surface area contributed by atoms with Crippen LogP contribution in [0.2, 0.25) is 0 Å². The largest absolute Gasteiger partial charge is 0.469 e. The minimum Gasteiger partial charge on any atom is -0.469 e. The van der Waals surface area contributed by atoms with E-state index >= 15 is 0 Å². The summed E-state index contributed by atoms with van der Waals surface area (Å²) >= 11 is 3.62. The molecule has 0 unspecified atom stereocenters. The van der Waals surface area contributed by atoms with Crippen molar-refractivity contribution in [1.82, 2.24) is 5.32 Å². The van der Waals surface area contributed by atoms with Crippen LogP contribution in [0.3, 0.4) is 0 Å². The Kier molecular flexibility index (Phi) is 4.26. The van der Waals surface area contributed by atoms with Gasteiger partial charge in [-0.05, 0) is 31.7 Å². The highest BCUT2D eigenvalue weighted by Crippen LogP contribution is 2.24. The van der Waals surface area contributed by atoms with E-state index in [9.17, 15) is 4.79 Å². The van der Waals surface area contributed by atoms with Crippen LogP contribution in [-0.4, -0.2) is 16.8 Å². The zero-order chi connectivity index (χ0) is 12.3. The molecule has 1 aromatic rings. The lowest BCUT2D eigenvalue weighted by Gasteiger charge is -2.25. The van der Waals surface area contributed by atoms with Crippen molar-refractivity contribution in [3.8, 4) is 0 Å². The normalized spacial score (nSPS) is 24.6. The fourth-order valence-corrected chi connectivity index (χ4v) is 2.81. The van der Waals surface area contributed by atoms with Crippen LogP contribution in [0.1, 0.15) is 48.7 Å². The Labute approximate surface area is 110 Å². The molecule has 94 valence electrons. The van der Waals surface area contributed by atoms with Gasteiger partial charge in [0.15, 0.2) is 0 Å². The summed E-state index contributed by atoms with van der Waals surface area (Å²) in [5, 5.41) is 3.10. The maximum atomic E-state index is 12.1. The maximum absolute atomic E-state index is 12.1. The van der Waals surface area contributed by atoms with E-state index in [1.165, 1.54) is 0 Å². The first-order valence-electron chi connectivity index (χ1n) is 6.22. The van der Waals surface area contributed by atoms with Crippen LogP contribution >= 0.6 is 15.9 Å². The fraction of sp³-hybridized carbons (Fsp3) is 0.615. The Balaban J connectivity index is 1.93. The molecule has 3 nitrogen and oxygen atoms in total. The standard InChI is InChI=1S/C13H18BrNO2/c1-2-12-11(7-8-17-12)13(16)15-10-5-3-9(14)4-6-10/h7-10H,2-6H2,1H3,(H,15,16). The summed E-state index contributed by atoms with van der Waals surface area (Å²) in [5.74, 6) is 0.783. The van der Waals surface area contributed by atoms with Gasteiger partial charge in [0.1, 0.15) is 5.76 Å². The second-order valence-corrected chi connectivity index (χ2v) is 5.83. The number of amides is 1. The third-order valence-corrected chi connectivity index (χ3v) is 4.22. The lowest BCUT2D eigenvalue weighted by molar-refractivity contribution is 0.0926. The van der Waals surface area contributed by atoms with Gasteiger partial charge < -0.3 is 9.73 Å². The predicted molar refractivity (Wildman–Crippen MR) is 70.5 cm³/mol. The number of halogens is 1. The molecule has 1 saturated carbocycles. The number of carbonyl (C=O) groups excluding carboxylic acids is 1. The highest BCUT2D eigenvalue weighted by molar-refractivity contribution is 9.09. The first kappa shape index (κ1) is 12.7. The molecule has 0 saturated heterocycles. The zero-order valence-corrected chi connectivity index (χ0v) is 11.6. The van der Waals surface area contributed by atoms with E-state index in [1.54, 1.807) is 12.3 Å². The van der Waals surface area contributed by atoms with Crippen molar-refractivity contribution < 1.29 is 9.21 Å². The van der Waals surface area contributed by atoms with Gasteiger partial charge in [-0.2, -0.15) is 0 Å². The van der Waals surface area contributed by atoms with Crippen molar-refractivity contribution >= 4 is 21.8 Å². The SMILES string of the molecule is CCc1occc1C(=O)NC1CCC(Br)CC1. The lowest BCUT2D eigenvalue weighted by atomic mass is 9.95. The van der Waals surface area contributed by atoms with Crippen LogP contribution in [-0.2, 0) is 6.42 Å². The van der Waals surface area contributed by atoms with E-state index in [-0.39, 0.29) is 5.91 Å². The van der Waals surface area contributed by atoms with Gasteiger partial charge in [0.05, 0.1) is 11.8 Å². The van der Waals surface area contributed by atoms with Gasteiger partial charge >= 0.3 is 0 Å². The second kappa shape index (κ2) is 5.71. The third kappa shape index (κ3) is 3.12. The Bertz CT molecular complexity index is 381. The highest BCUT2D eigenvalue weighted by Gasteiger charge is 2.22. The average molecular weight is 300 g/mol. The first-order valence-corrected chi connectivity index (χ1v) is 7.13. The molecular formula is C13H18BrNO2. The van der Waals surface area contributed by atoms with Crippen LogP contribution in [0.5, 0.6) is 0 Å².